The van der Waals surface area contributed by atoms with E-state index in [4.69, 9.17) is 0 Å². The molecule has 0 spiro atoms. The zero-order valence-electron chi connectivity index (χ0n) is 16.8. The third kappa shape index (κ3) is 4.51. The Kier molecular flexibility index (Phi) is 6.35. The zero-order valence-corrected chi connectivity index (χ0v) is 17.6. The number of anilines is 1. The van der Waals surface area contributed by atoms with E-state index in [1.54, 1.807) is 20.9 Å². The third-order valence-corrected chi connectivity index (χ3v) is 7.17. The van der Waals surface area contributed by atoms with Gasteiger partial charge in [0.1, 0.15) is 5.41 Å². The van der Waals surface area contributed by atoms with Crippen molar-refractivity contribution >= 4 is 27.3 Å². The molecule has 1 aliphatic heterocycles. The van der Waals surface area contributed by atoms with Crippen LogP contribution in [-0.2, 0) is 32.3 Å². The highest BCUT2D eigenvalue weighted by Gasteiger charge is 2.42. The first-order chi connectivity index (χ1) is 12.5. The largest absolute Gasteiger partial charge is 0.341 e. The molecule has 1 aromatic carbocycles. The van der Waals surface area contributed by atoms with E-state index in [-0.39, 0.29) is 29.4 Å². The predicted octanol–water partition coefficient (Wildman–Crippen LogP) is 2.42. The van der Waals surface area contributed by atoms with Crippen LogP contribution in [0.2, 0.25) is 0 Å². The average Bonchev–Trinajstić information content (AvgIpc) is 3.00. The summed E-state index contributed by atoms with van der Waals surface area (Å²) in [6.07, 6.45) is 1.97. The van der Waals surface area contributed by atoms with Crippen molar-refractivity contribution in [3.05, 3.63) is 29.3 Å². The lowest BCUT2D eigenvalue weighted by atomic mass is 9.89. The van der Waals surface area contributed by atoms with Gasteiger partial charge >= 0.3 is 0 Å². The topological polar surface area (TPSA) is 83.6 Å². The van der Waals surface area contributed by atoms with Crippen LogP contribution in [0.5, 0.6) is 0 Å². The summed E-state index contributed by atoms with van der Waals surface area (Å²) in [5.41, 5.74) is 1.54. The molecule has 1 aromatic rings. The monoisotopic (exact) mass is 394 g/mol. The van der Waals surface area contributed by atoms with Gasteiger partial charge in [-0.3, -0.25) is 9.59 Å². The van der Waals surface area contributed by atoms with Crippen molar-refractivity contribution in [2.45, 2.75) is 53.0 Å². The normalized spacial score (nSPS) is 18.9. The van der Waals surface area contributed by atoms with Gasteiger partial charge in [0.05, 0.1) is 11.5 Å². The fourth-order valence-electron chi connectivity index (χ4n) is 3.46. The fourth-order valence-corrected chi connectivity index (χ4v) is 5.23. The molecule has 0 aliphatic carbocycles. The Balaban J connectivity index is 2.21. The molecule has 0 aromatic heterocycles. The summed E-state index contributed by atoms with van der Waals surface area (Å²) in [6, 6.07) is 5.54. The zero-order chi connectivity index (χ0) is 20.4. The van der Waals surface area contributed by atoms with Crippen molar-refractivity contribution in [3.8, 4) is 0 Å². The van der Waals surface area contributed by atoms with Crippen LogP contribution >= 0.6 is 0 Å². The van der Waals surface area contributed by atoms with Gasteiger partial charge in [-0.25, -0.2) is 8.42 Å². The van der Waals surface area contributed by atoms with Crippen molar-refractivity contribution in [1.29, 1.82) is 0 Å². The van der Waals surface area contributed by atoms with Crippen molar-refractivity contribution in [3.63, 3.8) is 0 Å². The average molecular weight is 395 g/mol. The summed E-state index contributed by atoms with van der Waals surface area (Å²) in [7, 11) is -1.52. The van der Waals surface area contributed by atoms with E-state index in [0.717, 1.165) is 29.7 Å². The molecule has 1 heterocycles. The van der Waals surface area contributed by atoms with Crippen molar-refractivity contribution in [2.75, 3.05) is 23.9 Å². The first-order valence-corrected chi connectivity index (χ1v) is 11.3. The van der Waals surface area contributed by atoms with E-state index in [9.17, 15) is 18.0 Å². The fraction of sp³-hybridized carbons (Fsp3) is 0.600. The Morgan fingerprint density at radius 2 is 1.74 bits per heavy atom. The number of hydrogen-bond donors (Lipinski definition) is 1. The maximum Gasteiger partial charge on any atom is 0.239 e. The lowest BCUT2D eigenvalue weighted by Gasteiger charge is -2.32. The summed E-state index contributed by atoms with van der Waals surface area (Å²) in [5.74, 6) is -0.693. The van der Waals surface area contributed by atoms with Crippen LogP contribution < -0.4 is 5.32 Å². The minimum Gasteiger partial charge on any atom is -0.341 e. The summed E-state index contributed by atoms with van der Waals surface area (Å²) in [5, 5.41) is 2.96. The molecule has 1 saturated heterocycles. The van der Waals surface area contributed by atoms with Crippen LogP contribution in [0.1, 0.15) is 45.2 Å². The number of benzene rings is 1. The summed E-state index contributed by atoms with van der Waals surface area (Å²) >= 11 is 0. The lowest BCUT2D eigenvalue weighted by molar-refractivity contribution is -0.146. The van der Waals surface area contributed by atoms with Crippen LogP contribution in [0.3, 0.4) is 0 Å². The molecule has 7 heteroatoms. The number of hydrogen-bond acceptors (Lipinski definition) is 4. The standard InChI is InChI=1S/C20H30N2O4S/c1-6-14-9-8-10-15(7-2)17(14)21-18(23)20(3,4)19(24)22(5)16-11-12-27(25,26)13-16/h8-10,16H,6-7,11-13H2,1-5H3,(H,21,23). The van der Waals surface area contributed by atoms with Gasteiger partial charge in [-0.15, -0.1) is 0 Å². The van der Waals surface area contributed by atoms with Gasteiger partial charge in [0.2, 0.25) is 11.8 Å². The molecule has 6 nitrogen and oxygen atoms in total. The number of sulfone groups is 1. The lowest BCUT2D eigenvalue weighted by Crippen LogP contribution is -2.49. The quantitative estimate of drug-likeness (QED) is 0.751. The molecule has 0 saturated carbocycles. The Hall–Kier alpha value is -1.89. The van der Waals surface area contributed by atoms with Gasteiger partial charge in [0.15, 0.2) is 9.84 Å². The van der Waals surface area contributed by atoms with Crippen molar-refractivity contribution in [2.24, 2.45) is 5.41 Å². The first-order valence-electron chi connectivity index (χ1n) is 9.43. The van der Waals surface area contributed by atoms with Crippen LogP contribution in [0.25, 0.3) is 0 Å². The number of nitrogens with one attached hydrogen (secondary N) is 1. The molecule has 0 bridgehead atoms. The first kappa shape index (κ1) is 21.4. The molecule has 1 unspecified atom stereocenters. The van der Waals surface area contributed by atoms with E-state index in [2.05, 4.69) is 5.32 Å². The molecular weight excluding hydrogens is 364 g/mol. The number of aryl methyl sites for hydroxylation is 2. The summed E-state index contributed by atoms with van der Waals surface area (Å²) in [4.78, 5) is 27.4. The molecule has 1 atom stereocenters. The second-order valence-electron chi connectivity index (χ2n) is 7.71. The van der Waals surface area contributed by atoms with E-state index in [1.165, 1.54) is 4.90 Å². The maximum absolute atomic E-state index is 13.0. The molecule has 27 heavy (non-hydrogen) atoms. The van der Waals surface area contributed by atoms with E-state index in [0.29, 0.717) is 6.42 Å². The van der Waals surface area contributed by atoms with Crippen LogP contribution in [0.4, 0.5) is 5.69 Å². The summed E-state index contributed by atoms with van der Waals surface area (Å²) < 4.78 is 23.4. The highest BCUT2D eigenvalue weighted by Crippen LogP contribution is 2.28. The molecule has 150 valence electrons. The van der Waals surface area contributed by atoms with Gasteiger partial charge < -0.3 is 10.2 Å². The van der Waals surface area contributed by atoms with Gasteiger partial charge in [0, 0.05) is 18.8 Å². The van der Waals surface area contributed by atoms with Gasteiger partial charge in [-0.2, -0.15) is 0 Å². The molecule has 1 fully saturated rings. The minimum atomic E-state index is -3.10. The van der Waals surface area contributed by atoms with Crippen LogP contribution in [0.15, 0.2) is 18.2 Å². The molecule has 0 radical (unpaired) electrons. The third-order valence-electron chi connectivity index (χ3n) is 5.42. The van der Waals surface area contributed by atoms with E-state index in [1.807, 2.05) is 32.0 Å². The molecule has 1 N–H and O–H groups in total. The second kappa shape index (κ2) is 8.00. The second-order valence-corrected chi connectivity index (χ2v) is 9.94. The van der Waals surface area contributed by atoms with Gasteiger partial charge in [-0.05, 0) is 44.2 Å². The minimum absolute atomic E-state index is 0.0361. The number of rotatable bonds is 6. The highest BCUT2D eigenvalue weighted by atomic mass is 32.2. The maximum atomic E-state index is 13.0. The molecule has 2 rings (SSSR count). The Morgan fingerprint density at radius 3 is 2.19 bits per heavy atom. The van der Waals surface area contributed by atoms with Gasteiger partial charge in [0.25, 0.3) is 0 Å². The summed E-state index contributed by atoms with van der Waals surface area (Å²) in [6.45, 7) is 7.22. The van der Waals surface area contributed by atoms with Gasteiger partial charge in [-0.1, -0.05) is 32.0 Å². The van der Waals surface area contributed by atoms with E-state index < -0.39 is 15.3 Å². The Bertz CT molecular complexity index is 808. The number of amides is 2. The Morgan fingerprint density at radius 1 is 1.19 bits per heavy atom. The van der Waals surface area contributed by atoms with E-state index >= 15 is 0 Å². The smallest absolute Gasteiger partial charge is 0.239 e. The number of carbonyl (C=O) groups is 2. The molecule has 2 amide bonds. The van der Waals surface area contributed by atoms with Crippen molar-refractivity contribution < 1.29 is 18.0 Å². The molecular formula is C20H30N2O4S. The van der Waals surface area contributed by atoms with Crippen LogP contribution in [-0.4, -0.2) is 49.7 Å². The Labute approximate surface area is 162 Å². The molecule has 1 aliphatic rings. The van der Waals surface area contributed by atoms with Crippen molar-refractivity contribution in [1.82, 2.24) is 4.90 Å². The predicted molar refractivity (Wildman–Crippen MR) is 107 cm³/mol. The van der Waals surface area contributed by atoms with Crippen LogP contribution in [0, 0.1) is 5.41 Å². The number of para-hydroxylation sites is 1. The number of carbonyl (C=O) groups excluding carboxylic acids is 2. The SMILES string of the molecule is CCc1cccc(CC)c1NC(=O)C(C)(C)C(=O)N(C)C1CCS(=O)(=O)C1. The highest BCUT2D eigenvalue weighted by molar-refractivity contribution is 7.91. The number of nitrogens with zero attached hydrogens (tertiary/aromatic N) is 1.